The van der Waals surface area contributed by atoms with E-state index in [-0.39, 0.29) is 11.9 Å². The molecule has 4 heteroatoms. The quantitative estimate of drug-likeness (QED) is 0.878. The summed E-state index contributed by atoms with van der Waals surface area (Å²) in [6.45, 7) is 1.91. The first-order chi connectivity index (χ1) is 10.1. The van der Waals surface area contributed by atoms with Crippen LogP contribution < -0.4 is 5.32 Å². The summed E-state index contributed by atoms with van der Waals surface area (Å²) in [7, 11) is 1.31. The van der Waals surface area contributed by atoms with Gasteiger partial charge in [0.15, 0.2) is 0 Å². The van der Waals surface area contributed by atoms with Crippen LogP contribution in [0.3, 0.4) is 0 Å². The van der Waals surface area contributed by atoms with Gasteiger partial charge >= 0.3 is 5.97 Å². The number of ether oxygens (including phenoxy) is 1. The Morgan fingerprint density at radius 2 is 1.67 bits per heavy atom. The molecule has 21 heavy (non-hydrogen) atoms. The summed E-state index contributed by atoms with van der Waals surface area (Å²) in [5.74, 6) is -0.683. The first-order valence-corrected chi connectivity index (χ1v) is 6.66. The predicted octanol–water partition coefficient (Wildman–Crippen LogP) is 2.96. The smallest absolute Gasteiger partial charge is 0.337 e. The molecule has 1 unspecified atom stereocenters. The van der Waals surface area contributed by atoms with Crippen molar-refractivity contribution in [1.29, 1.82) is 0 Å². The van der Waals surface area contributed by atoms with Crippen molar-refractivity contribution in [3.63, 3.8) is 0 Å². The molecular formula is C17H17NO3. The van der Waals surface area contributed by atoms with Crippen molar-refractivity contribution < 1.29 is 14.3 Å². The summed E-state index contributed by atoms with van der Waals surface area (Å²) in [4.78, 5) is 23.7. The van der Waals surface area contributed by atoms with Gasteiger partial charge in [0.1, 0.15) is 0 Å². The highest BCUT2D eigenvalue weighted by molar-refractivity contribution is 5.98. The van der Waals surface area contributed by atoms with Gasteiger partial charge in [-0.05, 0) is 30.7 Å². The molecule has 0 bridgehead atoms. The van der Waals surface area contributed by atoms with Gasteiger partial charge in [-0.15, -0.1) is 0 Å². The fourth-order valence-corrected chi connectivity index (χ4v) is 2.01. The van der Waals surface area contributed by atoms with E-state index in [1.165, 1.54) is 13.2 Å². The molecule has 0 saturated heterocycles. The molecule has 2 aromatic carbocycles. The van der Waals surface area contributed by atoms with Crippen molar-refractivity contribution in [2.45, 2.75) is 13.0 Å². The van der Waals surface area contributed by atoms with Crippen molar-refractivity contribution in [3.05, 3.63) is 71.3 Å². The van der Waals surface area contributed by atoms with Crippen LogP contribution in [0.4, 0.5) is 0 Å². The van der Waals surface area contributed by atoms with Gasteiger partial charge in [0, 0.05) is 5.56 Å². The van der Waals surface area contributed by atoms with E-state index in [2.05, 4.69) is 10.1 Å². The number of benzene rings is 2. The number of hydrogen-bond acceptors (Lipinski definition) is 3. The zero-order valence-electron chi connectivity index (χ0n) is 12.0. The van der Waals surface area contributed by atoms with Gasteiger partial charge in [-0.1, -0.05) is 36.4 Å². The SMILES string of the molecule is COC(=O)c1cccc(C(=O)NC(C)c2ccccc2)c1. The highest BCUT2D eigenvalue weighted by Crippen LogP contribution is 2.13. The Hall–Kier alpha value is -2.62. The zero-order chi connectivity index (χ0) is 15.2. The minimum absolute atomic E-state index is 0.111. The Labute approximate surface area is 123 Å². The standard InChI is InChI=1S/C17H17NO3/c1-12(13-7-4-3-5-8-13)18-16(19)14-9-6-10-15(11-14)17(20)21-2/h3-12H,1-2H3,(H,18,19). The molecule has 0 radical (unpaired) electrons. The highest BCUT2D eigenvalue weighted by atomic mass is 16.5. The predicted molar refractivity (Wildman–Crippen MR) is 80.1 cm³/mol. The summed E-state index contributed by atoms with van der Waals surface area (Å²) in [6, 6.07) is 16.0. The minimum atomic E-state index is -0.458. The van der Waals surface area contributed by atoms with E-state index < -0.39 is 5.97 Å². The first kappa shape index (κ1) is 14.8. The molecule has 108 valence electrons. The van der Waals surface area contributed by atoms with Crippen molar-refractivity contribution in [2.24, 2.45) is 0 Å². The maximum atomic E-state index is 12.2. The van der Waals surface area contributed by atoms with Crippen LogP contribution in [-0.4, -0.2) is 19.0 Å². The zero-order valence-corrected chi connectivity index (χ0v) is 12.0. The Bertz CT molecular complexity index is 637. The second-order valence-electron chi connectivity index (χ2n) is 4.68. The molecule has 0 aromatic heterocycles. The Morgan fingerprint density at radius 1 is 1.00 bits per heavy atom. The summed E-state index contributed by atoms with van der Waals surface area (Å²) >= 11 is 0. The van der Waals surface area contributed by atoms with E-state index in [0.717, 1.165) is 5.56 Å². The molecule has 0 spiro atoms. The Kier molecular flexibility index (Phi) is 4.72. The summed E-state index contributed by atoms with van der Waals surface area (Å²) < 4.78 is 4.65. The van der Waals surface area contributed by atoms with E-state index in [9.17, 15) is 9.59 Å². The van der Waals surface area contributed by atoms with Crippen LogP contribution in [0.25, 0.3) is 0 Å². The maximum absolute atomic E-state index is 12.2. The van der Waals surface area contributed by atoms with Gasteiger partial charge in [-0.2, -0.15) is 0 Å². The van der Waals surface area contributed by atoms with Crippen molar-refractivity contribution >= 4 is 11.9 Å². The average Bonchev–Trinajstić information content (AvgIpc) is 2.55. The van der Waals surface area contributed by atoms with E-state index in [0.29, 0.717) is 11.1 Å². The molecule has 2 rings (SSSR count). The molecule has 1 amide bonds. The summed E-state index contributed by atoms with van der Waals surface area (Å²) in [5, 5.41) is 2.91. The van der Waals surface area contributed by atoms with Gasteiger partial charge in [0.25, 0.3) is 5.91 Å². The van der Waals surface area contributed by atoms with E-state index >= 15 is 0 Å². The van der Waals surface area contributed by atoms with Crippen LogP contribution in [0.15, 0.2) is 54.6 Å². The van der Waals surface area contributed by atoms with Gasteiger partial charge in [-0.25, -0.2) is 4.79 Å². The van der Waals surface area contributed by atoms with Crippen molar-refractivity contribution in [2.75, 3.05) is 7.11 Å². The van der Waals surface area contributed by atoms with E-state index in [4.69, 9.17) is 0 Å². The lowest BCUT2D eigenvalue weighted by atomic mass is 10.1. The fourth-order valence-electron chi connectivity index (χ4n) is 2.01. The third-order valence-electron chi connectivity index (χ3n) is 3.19. The Morgan fingerprint density at radius 3 is 2.33 bits per heavy atom. The van der Waals surface area contributed by atoms with Crippen LogP contribution >= 0.6 is 0 Å². The second kappa shape index (κ2) is 6.70. The molecule has 0 fully saturated rings. The molecule has 1 N–H and O–H groups in total. The van der Waals surface area contributed by atoms with Gasteiger partial charge in [0.05, 0.1) is 18.7 Å². The van der Waals surface area contributed by atoms with E-state index in [1.807, 2.05) is 37.3 Å². The molecule has 0 aliphatic rings. The summed E-state index contributed by atoms with van der Waals surface area (Å²) in [6.07, 6.45) is 0. The topological polar surface area (TPSA) is 55.4 Å². The highest BCUT2D eigenvalue weighted by Gasteiger charge is 2.13. The molecule has 0 heterocycles. The first-order valence-electron chi connectivity index (χ1n) is 6.66. The fraction of sp³-hybridized carbons (Fsp3) is 0.176. The van der Waals surface area contributed by atoms with Crippen LogP contribution in [0, 0.1) is 0 Å². The lowest BCUT2D eigenvalue weighted by Gasteiger charge is -2.14. The minimum Gasteiger partial charge on any atom is -0.465 e. The number of hydrogen-bond donors (Lipinski definition) is 1. The van der Waals surface area contributed by atoms with Gasteiger partial charge in [-0.3, -0.25) is 4.79 Å². The van der Waals surface area contributed by atoms with Crippen LogP contribution in [0.5, 0.6) is 0 Å². The van der Waals surface area contributed by atoms with Crippen LogP contribution in [0.2, 0.25) is 0 Å². The van der Waals surface area contributed by atoms with Crippen molar-refractivity contribution in [1.82, 2.24) is 5.32 Å². The molecular weight excluding hydrogens is 266 g/mol. The second-order valence-corrected chi connectivity index (χ2v) is 4.68. The molecule has 0 saturated carbocycles. The Balaban J connectivity index is 2.12. The normalized spacial score (nSPS) is 11.5. The third kappa shape index (κ3) is 3.69. The van der Waals surface area contributed by atoms with Gasteiger partial charge in [0.2, 0.25) is 0 Å². The molecule has 2 aromatic rings. The number of rotatable bonds is 4. The number of nitrogens with one attached hydrogen (secondary N) is 1. The largest absolute Gasteiger partial charge is 0.465 e. The maximum Gasteiger partial charge on any atom is 0.337 e. The number of carbonyl (C=O) groups is 2. The molecule has 4 nitrogen and oxygen atoms in total. The van der Waals surface area contributed by atoms with Crippen LogP contribution in [-0.2, 0) is 4.74 Å². The third-order valence-corrected chi connectivity index (χ3v) is 3.19. The van der Waals surface area contributed by atoms with Crippen molar-refractivity contribution in [3.8, 4) is 0 Å². The number of methoxy groups -OCH3 is 1. The average molecular weight is 283 g/mol. The molecule has 1 atom stereocenters. The van der Waals surface area contributed by atoms with E-state index in [1.54, 1.807) is 18.2 Å². The molecule has 0 aliphatic heterocycles. The lowest BCUT2D eigenvalue weighted by Crippen LogP contribution is -2.26. The monoisotopic (exact) mass is 283 g/mol. The lowest BCUT2D eigenvalue weighted by molar-refractivity contribution is 0.0600. The number of esters is 1. The van der Waals surface area contributed by atoms with Gasteiger partial charge < -0.3 is 10.1 Å². The van der Waals surface area contributed by atoms with Crippen LogP contribution in [0.1, 0.15) is 39.2 Å². The molecule has 0 aliphatic carbocycles. The number of amides is 1. The summed E-state index contributed by atoms with van der Waals surface area (Å²) in [5.41, 5.74) is 1.81. The number of carbonyl (C=O) groups excluding carboxylic acids is 2.